The van der Waals surface area contributed by atoms with Gasteiger partial charge >= 0.3 is 0 Å². The molecule has 0 bridgehead atoms. The molecule has 2 N–H and O–H groups in total. The molecule has 18 heavy (non-hydrogen) atoms. The molecule has 1 aliphatic carbocycles. The second-order valence-electron chi connectivity index (χ2n) is 4.93. The van der Waals surface area contributed by atoms with E-state index in [1.165, 1.54) is 18.9 Å². The number of anilines is 2. The van der Waals surface area contributed by atoms with E-state index in [0.29, 0.717) is 5.69 Å². The van der Waals surface area contributed by atoms with Crippen molar-refractivity contribution in [3.05, 3.63) is 28.3 Å². The molecule has 1 aliphatic rings. The number of nitrogen functional groups attached to an aromatic ring is 1. The molecule has 1 aromatic rings. The minimum absolute atomic E-state index is 0.0712. The van der Waals surface area contributed by atoms with Gasteiger partial charge in [-0.25, -0.2) is 0 Å². The SMILES string of the molecule is CCCN(CC1CC1)c1cc(N)cc([N+](=O)[O-])c1. The number of nitrogens with zero attached hydrogens (tertiary/aromatic N) is 2. The van der Waals surface area contributed by atoms with Crippen molar-refractivity contribution in [1.82, 2.24) is 0 Å². The van der Waals surface area contributed by atoms with E-state index in [-0.39, 0.29) is 10.6 Å². The number of nitro groups is 1. The van der Waals surface area contributed by atoms with Crippen molar-refractivity contribution < 1.29 is 4.92 Å². The summed E-state index contributed by atoms with van der Waals surface area (Å²) in [5, 5.41) is 10.9. The zero-order chi connectivity index (χ0) is 13.1. The molecule has 0 radical (unpaired) electrons. The van der Waals surface area contributed by atoms with Crippen molar-refractivity contribution in [3.63, 3.8) is 0 Å². The Morgan fingerprint density at radius 3 is 2.72 bits per heavy atom. The van der Waals surface area contributed by atoms with Gasteiger partial charge in [0.25, 0.3) is 5.69 Å². The first kappa shape index (κ1) is 12.7. The highest BCUT2D eigenvalue weighted by Gasteiger charge is 2.25. The van der Waals surface area contributed by atoms with Crippen LogP contribution in [0.25, 0.3) is 0 Å². The van der Waals surface area contributed by atoms with E-state index in [2.05, 4.69) is 11.8 Å². The van der Waals surface area contributed by atoms with Gasteiger partial charge < -0.3 is 10.6 Å². The summed E-state index contributed by atoms with van der Waals surface area (Å²) < 4.78 is 0. The van der Waals surface area contributed by atoms with Gasteiger partial charge in [-0.05, 0) is 31.2 Å². The quantitative estimate of drug-likeness (QED) is 0.478. The fourth-order valence-electron chi connectivity index (χ4n) is 2.11. The van der Waals surface area contributed by atoms with Crippen molar-refractivity contribution in [3.8, 4) is 0 Å². The summed E-state index contributed by atoms with van der Waals surface area (Å²) in [5.74, 6) is 0.747. The van der Waals surface area contributed by atoms with Crippen molar-refractivity contribution >= 4 is 17.1 Å². The minimum Gasteiger partial charge on any atom is -0.398 e. The van der Waals surface area contributed by atoms with Gasteiger partial charge in [0.1, 0.15) is 0 Å². The van der Waals surface area contributed by atoms with E-state index in [1.54, 1.807) is 6.07 Å². The van der Waals surface area contributed by atoms with Crippen molar-refractivity contribution in [2.24, 2.45) is 5.92 Å². The summed E-state index contributed by atoms with van der Waals surface area (Å²) in [5.41, 5.74) is 7.14. The summed E-state index contributed by atoms with van der Waals surface area (Å²) in [7, 11) is 0. The zero-order valence-electron chi connectivity index (χ0n) is 10.6. The third kappa shape index (κ3) is 3.12. The van der Waals surface area contributed by atoms with E-state index < -0.39 is 0 Å². The van der Waals surface area contributed by atoms with Gasteiger partial charge in [0.05, 0.1) is 4.92 Å². The van der Waals surface area contributed by atoms with E-state index in [9.17, 15) is 10.1 Å². The lowest BCUT2D eigenvalue weighted by atomic mass is 10.2. The number of hydrogen-bond acceptors (Lipinski definition) is 4. The van der Waals surface area contributed by atoms with Crippen LogP contribution in [0.3, 0.4) is 0 Å². The molecule has 0 heterocycles. The first-order valence-corrected chi connectivity index (χ1v) is 6.40. The summed E-state index contributed by atoms with van der Waals surface area (Å²) in [6.07, 6.45) is 3.56. The summed E-state index contributed by atoms with van der Waals surface area (Å²) in [6.45, 7) is 4.01. The smallest absolute Gasteiger partial charge is 0.273 e. The summed E-state index contributed by atoms with van der Waals surface area (Å²) >= 11 is 0. The van der Waals surface area contributed by atoms with Crippen LogP contribution in [0.1, 0.15) is 26.2 Å². The highest BCUT2D eigenvalue weighted by Crippen LogP contribution is 2.33. The fraction of sp³-hybridized carbons (Fsp3) is 0.538. The molecule has 2 rings (SSSR count). The number of rotatable bonds is 6. The summed E-state index contributed by atoms with van der Waals surface area (Å²) in [6, 6.07) is 4.85. The highest BCUT2D eigenvalue weighted by molar-refractivity contribution is 5.62. The van der Waals surface area contributed by atoms with Crippen LogP contribution in [0.15, 0.2) is 18.2 Å². The average molecular weight is 249 g/mol. The summed E-state index contributed by atoms with van der Waals surface area (Å²) in [4.78, 5) is 12.7. The Labute approximate surface area is 107 Å². The van der Waals surface area contributed by atoms with Crippen LogP contribution in [-0.4, -0.2) is 18.0 Å². The third-order valence-electron chi connectivity index (χ3n) is 3.17. The topological polar surface area (TPSA) is 72.4 Å². The highest BCUT2D eigenvalue weighted by atomic mass is 16.6. The molecule has 0 saturated heterocycles. The van der Waals surface area contributed by atoms with Crippen LogP contribution in [0, 0.1) is 16.0 Å². The van der Waals surface area contributed by atoms with Gasteiger partial charge in [-0.3, -0.25) is 10.1 Å². The van der Waals surface area contributed by atoms with Gasteiger partial charge in [-0.2, -0.15) is 0 Å². The molecular weight excluding hydrogens is 230 g/mol. The lowest BCUT2D eigenvalue weighted by molar-refractivity contribution is -0.384. The third-order valence-corrected chi connectivity index (χ3v) is 3.17. The monoisotopic (exact) mass is 249 g/mol. The van der Waals surface area contributed by atoms with E-state index in [4.69, 9.17) is 5.73 Å². The zero-order valence-corrected chi connectivity index (χ0v) is 10.6. The Morgan fingerprint density at radius 1 is 1.44 bits per heavy atom. The Morgan fingerprint density at radius 2 is 2.17 bits per heavy atom. The lowest BCUT2D eigenvalue weighted by Gasteiger charge is -2.24. The first-order valence-electron chi connectivity index (χ1n) is 6.40. The molecule has 1 saturated carbocycles. The van der Waals surface area contributed by atoms with Gasteiger partial charge in [0.2, 0.25) is 0 Å². The number of hydrogen-bond donors (Lipinski definition) is 1. The van der Waals surface area contributed by atoms with E-state index in [0.717, 1.165) is 31.1 Å². The van der Waals surface area contributed by atoms with Crippen LogP contribution in [0.2, 0.25) is 0 Å². The van der Waals surface area contributed by atoms with Gasteiger partial charge in [-0.1, -0.05) is 6.92 Å². The molecule has 5 nitrogen and oxygen atoms in total. The molecule has 0 unspecified atom stereocenters. The largest absolute Gasteiger partial charge is 0.398 e. The van der Waals surface area contributed by atoms with Gasteiger partial charge in [0.15, 0.2) is 0 Å². The molecule has 1 aromatic carbocycles. The van der Waals surface area contributed by atoms with Crippen LogP contribution < -0.4 is 10.6 Å². The van der Waals surface area contributed by atoms with Crippen LogP contribution in [0.4, 0.5) is 17.1 Å². The second-order valence-corrected chi connectivity index (χ2v) is 4.93. The van der Waals surface area contributed by atoms with Crippen molar-refractivity contribution in [1.29, 1.82) is 0 Å². The Balaban J connectivity index is 2.24. The Bertz CT molecular complexity index is 444. The van der Waals surface area contributed by atoms with E-state index in [1.807, 2.05) is 6.07 Å². The molecule has 0 aliphatic heterocycles. The number of nitro benzene ring substituents is 1. The predicted octanol–water partition coefficient (Wildman–Crippen LogP) is 2.80. The maximum absolute atomic E-state index is 10.9. The number of non-ortho nitro benzene ring substituents is 1. The molecule has 0 aromatic heterocycles. The molecule has 0 amide bonds. The molecule has 5 heteroatoms. The van der Waals surface area contributed by atoms with Crippen LogP contribution in [-0.2, 0) is 0 Å². The molecular formula is C13H19N3O2. The Hall–Kier alpha value is -1.78. The van der Waals surface area contributed by atoms with Gasteiger partial charge in [-0.15, -0.1) is 0 Å². The number of nitrogens with two attached hydrogens (primary N) is 1. The predicted molar refractivity (Wildman–Crippen MR) is 72.7 cm³/mol. The average Bonchev–Trinajstić information content (AvgIpc) is 3.11. The second kappa shape index (κ2) is 5.25. The van der Waals surface area contributed by atoms with Crippen LogP contribution in [0.5, 0.6) is 0 Å². The van der Waals surface area contributed by atoms with Crippen molar-refractivity contribution in [2.75, 3.05) is 23.7 Å². The Kier molecular flexibility index (Phi) is 3.69. The van der Waals surface area contributed by atoms with Gasteiger partial charge in [0, 0.05) is 36.6 Å². The van der Waals surface area contributed by atoms with E-state index >= 15 is 0 Å². The fourth-order valence-corrected chi connectivity index (χ4v) is 2.11. The molecule has 0 atom stereocenters. The standard InChI is InChI=1S/C13H19N3O2/c1-2-5-15(9-10-3-4-10)12-6-11(14)7-13(8-12)16(17)18/h6-8,10H,2-5,9,14H2,1H3. The normalized spacial score (nSPS) is 14.5. The maximum atomic E-state index is 10.9. The molecule has 1 fully saturated rings. The first-order chi connectivity index (χ1) is 8.60. The molecule has 98 valence electrons. The van der Waals surface area contributed by atoms with Crippen LogP contribution >= 0.6 is 0 Å². The lowest BCUT2D eigenvalue weighted by Crippen LogP contribution is -2.26. The minimum atomic E-state index is -0.388. The van der Waals surface area contributed by atoms with Crippen molar-refractivity contribution in [2.45, 2.75) is 26.2 Å². The maximum Gasteiger partial charge on any atom is 0.273 e. The molecule has 0 spiro atoms. The number of benzene rings is 1.